The zero-order chi connectivity index (χ0) is 16.3. The number of rotatable bonds is 4. The van der Waals surface area contributed by atoms with E-state index in [0.29, 0.717) is 6.42 Å². The first kappa shape index (κ1) is 16.9. The van der Waals surface area contributed by atoms with Crippen LogP contribution >= 0.6 is 0 Å². The van der Waals surface area contributed by atoms with Gasteiger partial charge in [-0.1, -0.05) is 0 Å². The molecule has 2 atom stereocenters. The van der Waals surface area contributed by atoms with E-state index in [1.54, 1.807) is 0 Å². The molecule has 0 amide bonds. The van der Waals surface area contributed by atoms with Crippen molar-refractivity contribution in [1.82, 2.24) is 10.0 Å². The van der Waals surface area contributed by atoms with Gasteiger partial charge in [0, 0.05) is 12.1 Å². The van der Waals surface area contributed by atoms with Crippen LogP contribution in [0.2, 0.25) is 0 Å². The van der Waals surface area contributed by atoms with Crippen molar-refractivity contribution in [3.8, 4) is 0 Å². The summed E-state index contributed by atoms with van der Waals surface area (Å²) >= 11 is 0. The molecule has 0 radical (unpaired) electrons. The highest BCUT2D eigenvalue weighted by Crippen LogP contribution is 2.20. The Morgan fingerprint density at radius 2 is 2.18 bits per heavy atom. The summed E-state index contributed by atoms with van der Waals surface area (Å²) in [7, 11) is -2.89. The monoisotopic (exact) mass is 330 g/mol. The number of hydrogen-bond acceptors (Lipinski definition) is 5. The zero-order valence-corrected chi connectivity index (χ0v) is 13.2. The Bertz CT molecular complexity index is 663. The van der Waals surface area contributed by atoms with E-state index in [4.69, 9.17) is 0 Å². The van der Waals surface area contributed by atoms with Gasteiger partial charge in [0.15, 0.2) is 0 Å². The first-order valence-electron chi connectivity index (χ1n) is 6.98. The van der Waals surface area contributed by atoms with Gasteiger partial charge >= 0.3 is 5.97 Å². The Balaban J connectivity index is 2.36. The second kappa shape index (κ2) is 6.72. The zero-order valence-electron chi connectivity index (χ0n) is 12.4. The predicted octanol–water partition coefficient (Wildman–Crippen LogP) is 1.03. The highest BCUT2D eigenvalue weighted by Gasteiger charge is 2.29. The topological polar surface area (TPSA) is 84.5 Å². The molecule has 8 heteroatoms. The van der Waals surface area contributed by atoms with Crippen molar-refractivity contribution in [2.24, 2.45) is 0 Å². The molecule has 0 aromatic heterocycles. The van der Waals surface area contributed by atoms with E-state index in [0.717, 1.165) is 38.3 Å². The number of carbonyl (C=O) groups excluding carboxylic acids is 1. The first-order valence-corrected chi connectivity index (χ1v) is 8.47. The minimum absolute atomic E-state index is 0.0429. The Kier molecular flexibility index (Phi) is 5.15. The predicted molar refractivity (Wildman–Crippen MR) is 78.5 cm³/mol. The van der Waals surface area contributed by atoms with Crippen LogP contribution < -0.4 is 10.0 Å². The van der Waals surface area contributed by atoms with Crippen molar-refractivity contribution in [1.29, 1.82) is 0 Å². The number of carbonyl (C=O) groups is 1. The van der Waals surface area contributed by atoms with Crippen molar-refractivity contribution in [3.05, 3.63) is 29.6 Å². The van der Waals surface area contributed by atoms with E-state index < -0.39 is 26.7 Å². The largest absolute Gasteiger partial charge is 0.465 e. The summed E-state index contributed by atoms with van der Waals surface area (Å²) < 4.78 is 45.6. The van der Waals surface area contributed by atoms with Crippen molar-refractivity contribution in [3.63, 3.8) is 0 Å². The van der Waals surface area contributed by atoms with Gasteiger partial charge in [-0.2, -0.15) is 0 Å². The molecule has 2 unspecified atom stereocenters. The fourth-order valence-electron chi connectivity index (χ4n) is 2.46. The molecule has 2 rings (SSSR count). The van der Waals surface area contributed by atoms with E-state index >= 15 is 0 Å². The van der Waals surface area contributed by atoms with Gasteiger partial charge in [0.2, 0.25) is 10.0 Å². The van der Waals surface area contributed by atoms with E-state index in [1.165, 1.54) is 0 Å². The first-order chi connectivity index (χ1) is 10.3. The molecule has 1 aromatic rings. The van der Waals surface area contributed by atoms with Crippen LogP contribution in [0.5, 0.6) is 0 Å². The maximum Gasteiger partial charge on any atom is 0.339 e. The molecule has 0 spiro atoms. The van der Waals surface area contributed by atoms with E-state index in [1.807, 2.05) is 6.92 Å². The van der Waals surface area contributed by atoms with Crippen molar-refractivity contribution >= 4 is 16.0 Å². The summed E-state index contributed by atoms with van der Waals surface area (Å²) in [5, 5.41) is 3.17. The molecule has 1 saturated heterocycles. The lowest BCUT2D eigenvalue weighted by molar-refractivity contribution is 0.0596. The molecule has 1 aromatic carbocycles. The Morgan fingerprint density at radius 1 is 1.45 bits per heavy atom. The molecule has 22 heavy (non-hydrogen) atoms. The molecule has 1 heterocycles. The van der Waals surface area contributed by atoms with Crippen LogP contribution in [-0.2, 0) is 14.8 Å². The van der Waals surface area contributed by atoms with Gasteiger partial charge in [0.25, 0.3) is 0 Å². The van der Waals surface area contributed by atoms with Gasteiger partial charge in [0.05, 0.1) is 17.6 Å². The molecule has 0 saturated carbocycles. The van der Waals surface area contributed by atoms with Crippen LogP contribution in [0.3, 0.4) is 0 Å². The third-order valence-electron chi connectivity index (χ3n) is 3.71. The molecule has 0 bridgehead atoms. The summed E-state index contributed by atoms with van der Waals surface area (Å²) in [5.74, 6) is -1.56. The summed E-state index contributed by atoms with van der Waals surface area (Å²) in [6, 6.07) is 2.61. The quantitative estimate of drug-likeness (QED) is 0.806. The molecular weight excluding hydrogens is 311 g/mol. The molecule has 2 N–H and O–H groups in total. The molecule has 1 aliphatic rings. The van der Waals surface area contributed by atoms with Gasteiger partial charge < -0.3 is 10.1 Å². The molecule has 0 aliphatic carbocycles. The minimum Gasteiger partial charge on any atom is -0.465 e. The van der Waals surface area contributed by atoms with Crippen LogP contribution in [0.25, 0.3) is 0 Å². The van der Waals surface area contributed by atoms with Crippen LogP contribution in [0.1, 0.15) is 30.1 Å². The van der Waals surface area contributed by atoms with Crippen LogP contribution in [0.15, 0.2) is 23.1 Å². The second-order valence-corrected chi connectivity index (χ2v) is 6.93. The molecule has 6 nitrogen and oxygen atoms in total. The van der Waals surface area contributed by atoms with Crippen molar-refractivity contribution in [2.75, 3.05) is 13.7 Å². The number of hydrogen-bond donors (Lipinski definition) is 2. The number of methoxy groups -OCH3 is 1. The Morgan fingerprint density at radius 3 is 2.82 bits per heavy atom. The van der Waals surface area contributed by atoms with Gasteiger partial charge in [-0.05, 0) is 44.5 Å². The third kappa shape index (κ3) is 3.63. The van der Waals surface area contributed by atoms with Crippen LogP contribution in [0.4, 0.5) is 4.39 Å². The standard InChI is InChI=1S/C14H19FN2O4S/c1-9-12(4-3-7-16-9)17-22(19,20)13-8-10(15)5-6-11(13)14(18)21-2/h5-6,8-9,12,16-17H,3-4,7H2,1-2H3. The fraction of sp³-hybridized carbons (Fsp3) is 0.500. The number of ether oxygens (including phenoxy) is 1. The van der Waals surface area contributed by atoms with E-state index in [2.05, 4.69) is 14.8 Å². The summed E-state index contributed by atoms with van der Waals surface area (Å²) in [4.78, 5) is 11.3. The fourth-order valence-corrected chi connectivity index (χ4v) is 4.02. The van der Waals surface area contributed by atoms with Crippen molar-refractivity contribution < 1.29 is 22.3 Å². The summed E-state index contributed by atoms with van der Waals surface area (Å²) in [6.07, 6.45) is 1.51. The van der Waals surface area contributed by atoms with E-state index in [-0.39, 0.29) is 17.6 Å². The van der Waals surface area contributed by atoms with Gasteiger partial charge in [-0.15, -0.1) is 0 Å². The number of halogens is 1. The highest BCUT2D eigenvalue weighted by molar-refractivity contribution is 7.89. The summed E-state index contributed by atoms with van der Waals surface area (Å²) in [6.45, 7) is 2.70. The highest BCUT2D eigenvalue weighted by atomic mass is 32.2. The molecular formula is C14H19FN2O4S. The number of nitrogens with one attached hydrogen (secondary N) is 2. The van der Waals surface area contributed by atoms with E-state index in [9.17, 15) is 17.6 Å². The van der Waals surface area contributed by atoms with Crippen molar-refractivity contribution in [2.45, 2.75) is 36.7 Å². The minimum atomic E-state index is -4.03. The Labute approximate surface area is 129 Å². The average Bonchev–Trinajstić information content (AvgIpc) is 2.48. The molecule has 1 fully saturated rings. The Hall–Kier alpha value is -1.51. The molecule has 122 valence electrons. The molecule has 1 aliphatic heterocycles. The van der Waals surface area contributed by atoms with Crippen LogP contribution in [-0.4, -0.2) is 40.1 Å². The number of piperidine rings is 1. The van der Waals surface area contributed by atoms with Gasteiger partial charge in [0.1, 0.15) is 5.82 Å². The second-order valence-electron chi connectivity index (χ2n) is 5.24. The SMILES string of the molecule is COC(=O)c1ccc(F)cc1S(=O)(=O)NC1CCCNC1C. The summed E-state index contributed by atoms with van der Waals surface area (Å²) in [5.41, 5.74) is -0.187. The van der Waals surface area contributed by atoms with Crippen LogP contribution in [0, 0.1) is 5.82 Å². The average molecular weight is 330 g/mol. The third-order valence-corrected chi connectivity index (χ3v) is 5.24. The maximum absolute atomic E-state index is 13.4. The van der Waals surface area contributed by atoms with Gasteiger partial charge in [-0.3, -0.25) is 0 Å². The number of sulfonamides is 1. The number of benzene rings is 1. The lowest BCUT2D eigenvalue weighted by Gasteiger charge is -2.30. The lowest BCUT2D eigenvalue weighted by Crippen LogP contribution is -2.51. The van der Waals surface area contributed by atoms with Gasteiger partial charge in [-0.25, -0.2) is 22.3 Å². The normalized spacial score (nSPS) is 22.3. The maximum atomic E-state index is 13.4. The smallest absolute Gasteiger partial charge is 0.339 e. The lowest BCUT2D eigenvalue weighted by atomic mass is 10.0. The number of esters is 1.